The Morgan fingerprint density at radius 2 is 1.83 bits per heavy atom. The summed E-state index contributed by atoms with van der Waals surface area (Å²) in [5.74, 6) is -0.266. The maximum atomic E-state index is 11.2. The fourth-order valence-electron chi connectivity index (χ4n) is 2.92. The summed E-state index contributed by atoms with van der Waals surface area (Å²) in [6, 6.07) is 15.8. The molecule has 0 amide bonds. The Labute approximate surface area is 134 Å². The Kier molecular flexibility index (Phi) is 4.02. The second-order valence-corrected chi connectivity index (χ2v) is 5.84. The smallest absolute Gasteiger partial charge is 0.214 e. The molecule has 0 saturated heterocycles. The Hall–Kier alpha value is -2.82. The number of nitrogens with one attached hydrogen (secondary N) is 1. The summed E-state index contributed by atoms with van der Waals surface area (Å²) >= 11 is 0. The van der Waals surface area contributed by atoms with Gasteiger partial charge in [0, 0.05) is 41.8 Å². The van der Waals surface area contributed by atoms with Crippen LogP contribution in [0.3, 0.4) is 0 Å². The first-order chi connectivity index (χ1) is 11.1. The maximum Gasteiger partial charge on any atom is 0.214 e. The number of anilines is 1. The van der Waals surface area contributed by atoms with Gasteiger partial charge < -0.3 is 9.88 Å². The number of para-hydroxylation sites is 1. The van der Waals surface area contributed by atoms with Gasteiger partial charge in [-0.05, 0) is 29.3 Å². The number of aromatic amines is 1. The molecule has 3 rings (SSSR count). The van der Waals surface area contributed by atoms with E-state index in [0.717, 1.165) is 27.7 Å². The molecule has 5 heteroatoms. The summed E-state index contributed by atoms with van der Waals surface area (Å²) in [6.07, 6.45) is 1.89. The zero-order chi connectivity index (χ0) is 16.4. The fraction of sp³-hybridized carbons (Fsp3) is 0.222. The standard InChI is InChI=1S/C18H19N3O2/c1-20(2)14-9-7-13(8-10-14)17(12-21(22)23)16-11-19-18-6-4-3-5-15(16)18/h3-11,17,19H,12H2,1-2H3. The van der Waals surface area contributed by atoms with E-state index in [-0.39, 0.29) is 17.4 Å². The third-order valence-corrected chi connectivity index (χ3v) is 4.14. The van der Waals surface area contributed by atoms with Gasteiger partial charge in [0.05, 0.1) is 5.92 Å². The molecule has 1 aromatic heterocycles. The van der Waals surface area contributed by atoms with Gasteiger partial charge in [0.1, 0.15) is 0 Å². The number of fused-ring (bicyclic) bond motifs is 1. The number of benzene rings is 2. The van der Waals surface area contributed by atoms with Crippen LogP contribution in [0.25, 0.3) is 10.9 Å². The molecule has 23 heavy (non-hydrogen) atoms. The monoisotopic (exact) mass is 309 g/mol. The molecule has 3 aromatic rings. The Morgan fingerprint density at radius 3 is 2.48 bits per heavy atom. The molecule has 1 atom stereocenters. The molecule has 118 valence electrons. The Balaban J connectivity index is 2.05. The van der Waals surface area contributed by atoms with E-state index in [0.29, 0.717) is 0 Å². The molecule has 0 spiro atoms. The number of nitro groups is 1. The van der Waals surface area contributed by atoms with Crippen molar-refractivity contribution in [2.75, 3.05) is 25.5 Å². The van der Waals surface area contributed by atoms with Gasteiger partial charge in [-0.1, -0.05) is 30.3 Å². The van der Waals surface area contributed by atoms with E-state index in [1.165, 1.54) is 0 Å². The average Bonchev–Trinajstić information content (AvgIpc) is 2.96. The van der Waals surface area contributed by atoms with Gasteiger partial charge in [-0.3, -0.25) is 10.1 Å². The largest absolute Gasteiger partial charge is 0.378 e. The minimum Gasteiger partial charge on any atom is -0.378 e. The predicted octanol–water partition coefficient (Wildman–Crippen LogP) is 3.64. The van der Waals surface area contributed by atoms with Crippen molar-refractivity contribution >= 4 is 16.6 Å². The van der Waals surface area contributed by atoms with Crippen LogP contribution in [0.2, 0.25) is 0 Å². The molecule has 0 radical (unpaired) electrons. The van der Waals surface area contributed by atoms with E-state index in [4.69, 9.17) is 0 Å². The maximum absolute atomic E-state index is 11.2. The molecule has 1 heterocycles. The van der Waals surface area contributed by atoms with Crippen LogP contribution < -0.4 is 4.90 Å². The molecule has 0 saturated carbocycles. The highest BCUT2D eigenvalue weighted by Gasteiger charge is 2.23. The molecule has 0 aliphatic heterocycles. The van der Waals surface area contributed by atoms with E-state index < -0.39 is 0 Å². The molecule has 0 fully saturated rings. The van der Waals surface area contributed by atoms with Crippen LogP contribution in [0.15, 0.2) is 54.7 Å². The highest BCUT2D eigenvalue weighted by atomic mass is 16.6. The van der Waals surface area contributed by atoms with Crippen LogP contribution in [0.4, 0.5) is 5.69 Å². The molecular weight excluding hydrogens is 290 g/mol. The zero-order valence-corrected chi connectivity index (χ0v) is 13.2. The summed E-state index contributed by atoms with van der Waals surface area (Å²) < 4.78 is 0. The number of nitrogens with zero attached hydrogens (tertiary/aromatic N) is 2. The molecule has 0 bridgehead atoms. The van der Waals surface area contributed by atoms with Crippen molar-refractivity contribution in [1.82, 2.24) is 4.98 Å². The topological polar surface area (TPSA) is 62.2 Å². The van der Waals surface area contributed by atoms with E-state index in [1.54, 1.807) is 0 Å². The number of aromatic nitrogens is 1. The quantitative estimate of drug-likeness (QED) is 0.578. The molecule has 0 aliphatic rings. The Bertz CT molecular complexity index is 822. The van der Waals surface area contributed by atoms with Gasteiger partial charge in [0.25, 0.3) is 0 Å². The van der Waals surface area contributed by atoms with Crippen molar-refractivity contribution in [3.8, 4) is 0 Å². The predicted molar refractivity (Wildman–Crippen MR) is 92.8 cm³/mol. The van der Waals surface area contributed by atoms with Gasteiger partial charge in [-0.2, -0.15) is 0 Å². The number of hydrogen-bond donors (Lipinski definition) is 1. The second-order valence-electron chi connectivity index (χ2n) is 5.84. The lowest BCUT2D eigenvalue weighted by Gasteiger charge is -2.16. The zero-order valence-electron chi connectivity index (χ0n) is 13.2. The van der Waals surface area contributed by atoms with Crippen LogP contribution in [0.5, 0.6) is 0 Å². The lowest BCUT2D eigenvalue weighted by Crippen LogP contribution is -2.14. The second kappa shape index (κ2) is 6.12. The van der Waals surface area contributed by atoms with Gasteiger partial charge in [-0.15, -0.1) is 0 Å². The highest BCUT2D eigenvalue weighted by molar-refractivity contribution is 5.84. The number of hydrogen-bond acceptors (Lipinski definition) is 3. The van der Waals surface area contributed by atoms with E-state index in [9.17, 15) is 10.1 Å². The van der Waals surface area contributed by atoms with Crippen molar-refractivity contribution < 1.29 is 4.92 Å². The van der Waals surface area contributed by atoms with Gasteiger partial charge in [0.15, 0.2) is 0 Å². The fourth-order valence-corrected chi connectivity index (χ4v) is 2.92. The van der Waals surface area contributed by atoms with Crippen LogP contribution in [0, 0.1) is 10.1 Å². The lowest BCUT2D eigenvalue weighted by molar-refractivity contribution is -0.481. The summed E-state index contributed by atoms with van der Waals surface area (Å²) in [5, 5.41) is 12.2. The lowest BCUT2D eigenvalue weighted by atomic mass is 9.91. The van der Waals surface area contributed by atoms with E-state index in [1.807, 2.05) is 73.7 Å². The van der Waals surface area contributed by atoms with Crippen molar-refractivity contribution in [2.45, 2.75) is 5.92 Å². The van der Waals surface area contributed by atoms with Crippen LogP contribution in [-0.4, -0.2) is 30.5 Å². The van der Waals surface area contributed by atoms with Crippen molar-refractivity contribution in [1.29, 1.82) is 0 Å². The minimum absolute atomic E-state index is 0.122. The van der Waals surface area contributed by atoms with Crippen molar-refractivity contribution in [3.05, 3.63) is 76.0 Å². The SMILES string of the molecule is CN(C)c1ccc(C(C[N+](=O)[O-])c2c[nH]c3ccccc23)cc1. The number of rotatable bonds is 5. The average molecular weight is 309 g/mol. The van der Waals surface area contributed by atoms with Gasteiger partial charge >= 0.3 is 0 Å². The summed E-state index contributed by atoms with van der Waals surface area (Å²) in [4.78, 5) is 16.2. The first kappa shape index (κ1) is 15.1. The molecule has 0 aliphatic carbocycles. The first-order valence-corrected chi connectivity index (χ1v) is 7.51. The molecule has 2 aromatic carbocycles. The Morgan fingerprint density at radius 1 is 1.13 bits per heavy atom. The summed E-state index contributed by atoms with van der Waals surface area (Å²) in [6.45, 7) is -0.122. The summed E-state index contributed by atoms with van der Waals surface area (Å²) in [7, 11) is 3.95. The molecule has 1 unspecified atom stereocenters. The van der Waals surface area contributed by atoms with Crippen molar-refractivity contribution in [3.63, 3.8) is 0 Å². The van der Waals surface area contributed by atoms with E-state index in [2.05, 4.69) is 4.98 Å². The highest BCUT2D eigenvalue weighted by Crippen LogP contribution is 2.31. The van der Waals surface area contributed by atoms with Crippen LogP contribution >= 0.6 is 0 Å². The molecule has 1 N–H and O–H groups in total. The van der Waals surface area contributed by atoms with Crippen molar-refractivity contribution in [2.24, 2.45) is 0 Å². The first-order valence-electron chi connectivity index (χ1n) is 7.51. The molecule has 5 nitrogen and oxygen atoms in total. The normalized spacial score (nSPS) is 12.3. The van der Waals surface area contributed by atoms with Gasteiger partial charge in [-0.25, -0.2) is 0 Å². The third-order valence-electron chi connectivity index (χ3n) is 4.14. The van der Waals surface area contributed by atoms with E-state index >= 15 is 0 Å². The summed E-state index contributed by atoms with van der Waals surface area (Å²) in [5.41, 5.74) is 4.00. The number of H-pyrrole nitrogens is 1. The third kappa shape index (κ3) is 3.04. The molecular formula is C18H19N3O2. The van der Waals surface area contributed by atoms with Crippen LogP contribution in [-0.2, 0) is 0 Å². The van der Waals surface area contributed by atoms with Crippen LogP contribution in [0.1, 0.15) is 17.0 Å². The minimum atomic E-state index is -0.266. The van der Waals surface area contributed by atoms with Gasteiger partial charge in [0.2, 0.25) is 6.54 Å².